The summed E-state index contributed by atoms with van der Waals surface area (Å²) >= 11 is 6.32. The van der Waals surface area contributed by atoms with Crippen LogP contribution in [0.15, 0.2) is 54.9 Å². The average molecular weight is 419 g/mol. The first kappa shape index (κ1) is 18.9. The van der Waals surface area contributed by atoms with Crippen LogP contribution in [-0.2, 0) is 6.42 Å². The number of fused-ring (bicyclic) bond motifs is 1. The van der Waals surface area contributed by atoms with Crippen LogP contribution >= 0.6 is 11.6 Å². The minimum Gasteiger partial charge on any atom is -0.361 e. The lowest BCUT2D eigenvalue weighted by Crippen LogP contribution is -2.26. The number of aromatic amines is 1. The zero-order valence-electron chi connectivity index (χ0n) is 16.8. The van der Waals surface area contributed by atoms with Crippen molar-refractivity contribution in [3.8, 4) is 5.69 Å². The van der Waals surface area contributed by atoms with Crippen molar-refractivity contribution < 1.29 is 4.79 Å². The largest absolute Gasteiger partial charge is 0.361 e. The van der Waals surface area contributed by atoms with Crippen LogP contribution in [0.5, 0.6) is 0 Å². The van der Waals surface area contributed by atoms with E-state index in [0.717, 1.165) is 41.7 Å². The van der Waals surface area contributed by atoms with Gasteiger partial charge in [-0.25, -0.2) is 4.68 Å². The van der Waals surface area contributed by atoms with Crippen LogP contribution in [0, 0.1) is 6.92 Å². The van der Waals surface area contributed by atoms with E-state index in [1.165, 1.54) is 10.9 Å². The van der Waals surface area contributed by atoms with Gasteiger partial charge in [0, 0.05) is 34.6 Å². The molecule has 0 spiro atoms. The van der Waals surface area contributed by atoms with Gasteiger partial charge in [0.1, 0.15) is 0 Å². The number of rotatable bonds is 6. The molecule has 5 nitrogen and oxygen atoms in total. The standard InChI is InChI=1S/C24H23ClN4O/c1-15-6-9-18(12-21(15)25)29-23(16-7-8-16)20(14-28-29)24(30)26-11-10-17-13-27-22-5-3-2-4-19(17)22/h2-6,9,12-14,16,27H,7-8,10-11H2,1H3,(H,26,30). The summed E-state index contributed by atoms with van der Waals surface area (Å²) in [7, 11) is 0. The number of H-pyrrole nitrogens is 1. The predicted molar refractivity (Wildman–Crippen MR) is 120 cm³/mol. The van der Waals surface area contributed by atoms with Gasteiger partial charge in [-0.15, -0.1) is 0 Å². The molecular weight excluding hydrogens is 396 g/mol. The van der Waals surface area contributed by atoms with Crippen LogP contribution in [0.25, 0.3) is 16.6 Å². The summed E-state index contributed by atoms with van der Waals surface area (Å²) in [4.78, 5) is 16.2. The third-order valence-corrected chi connectivity index (χ3v) is 6.18. The van der Waals surface area contributed by atoms with E-state index in [0.29, 0.717) is 23.0 Å². The van der Waals surface area contributed by atoms with Gasteiger partial charge in [-0.3, -0.25) is 4.79 Å². The normalized spacial score (nSPS) is 13.7. The molecule has 2 aromatic heterocycles. The molecular formula is C24H23ClN4O. The van der Waals surface area contributed by atoms with E-state index in [1.54, 1.807) is 6.20 Å². The minimum absolute atomic E-state index is 0.0683. The minimum atomic E-state index is -0.0683. The quantitative estimate of drug-likeness (QED) is 0.454. The number of carbonyl (C=O) groups excluding carboxylic acids is 1. The van der Waals surface area contributed by atoms with Crippen molar-refractivity contribution in [3.63, 3.8) is 0 Å². The highest BCUT2D eigenvalue weighted by atomic mass is 35.5. The molecule has 5 rings (SSSR count). The van der Waals surface area contributed by atoms with E-state index in [9.17, 15) is 4.79 Å². The first-order chi connectivity index (χ1) is 14.6. The highest BCUT2D eigenvalue weighted by molar-refractivity contribution is 6.31. The summed E-state index contributed by atoms with van der Waals surface area (Å²) in [5.74, 6) is 0.308. The molecule has 2 N–H and O–H groups in total. The maximum atomic E-state index is 13.0. The molecule has 1 aliphatic carbocycles. The third kappa shape index (κ3) is 3.50. The van der Waals surface area contributed by atoms with Crippen molar-refractivity contribution in [1.82, 2.24) is 20.1 Å². The Morgan fingerprint density at radius 1 is 1.27 bits per heavy atom. The van der Waals surface area contributed by atoms with Crippen molar-refractivity contribution in [3.05, 3.63) is 82.3 Å². The zero-order chi connectivity index (χ0) is 20.7. The Balaban J connectivity index is 1.34. The van der Waals surface area contributed by atoms with Crippen LogP contribution in [0.1, 0.15) is 45.9 Å². The molecule has 1 amide bonds. The van der Waals surface area contributed by atoms with Gasteiger partial charge in [0.25, 0.3) is 5.91 Å². The van der Waals surface area contributed by atoms with Gasteiger partial charge >= 0.3 is 0 Å². The van der Waals surface area contributed by atoms with E-state index in [4.69, 9.17) is 11.6 Å². The van der Waals surface area contributed by atoms with Gasteiger partial charge in [0.05, 0.1) is 23.1 Å². The number of para-hydroxylation sites is 1. The van der Waals surface area contributed by atoms with E-state index in [-0.39, 0.29) is 5.91 Å². The molecule has 0 radical (unpaired) electrons. The van der Waals surface area contributed by atoms with Crippen LogP contribution in [-0.4, -0.2) is 27.2 Å². The number of aromatic nitrogens is 3. The molecule has 0 unspecified atom stereocenters. The molecule has 4 aromatic rings. The molecule has 1 fully saturated rings. The number of nitrogens with zero attached hydrogens (tertiary/aromatic N) is 2. The third-order valence-electron chi connectivity index (χ3n) is 5.77. The number of halogens is 1. The van der Waals surface area contributed by atoms with E-state index >= 15 is 0 Å². The number of aryl methyl sites for hydroxylation is 1. The second-order valence-electron chi connectivity index (χ2n) is 7.93. The Morgan fingerprint density at radius 2 is 2.10 bits per heavy atom. The lowest BCUT2D eigenvalue weighted by atomic mass is 10.1. The number of carbonyl (C=O) groups is 1. The van der Waals surface area contributed by atoms with Gasteiger partial charge in [-0.05, 0) is 55.5 Å². The number of nitrogens with one attached hydrogen (secondary N) is 2. The van der Waals surface area contributed by atoms with E-state index < -0.39 is 0 Å². The van der Waals surface area contributed by atoms with Gasteiger partial charge in [0.2, 0.25) is 0 Å². The van der Waals surface area contributed by atoms with Gasteiger partial charge in [-0.1, -0.05) is 35.9 Å². The molecule has 2 heterocycles. The second-order valence-corrected chi connectivity index (χ2v) is 8.34. The van der Waals surface area contributed by atoms with Gasteiger partial charge in [0.15, 0.2) is 0 Å². The number of benzene rings is 2. The summed E-state index contributed by atoms with van der Waals surface area (Å²) < 4.78 is 1.87. The summed E-state index contributed by atoms with van der Waals surface area (Å²) in [6.07, 6.45) is 6.64. The summed E-state index contributed by atoms with van der Waals surface area (Å²) in [6.45, 7) is 2.55. The summed E-state index contributed by atoms with van der Waals surface area (Å²) in [5.41, 5.74) is 5.89. The fraction of sp³-hybridized carbons (Fsp3) is 0.250. The highest BCUT2D eigenvalue weighted by Gasteiger charge is 2.33. The number of hydrogen-bond donors (Lipinski definition) is 2. The van der Waals surface area contributed by atoms with Crippen molar-refractivity contribution in [2.45, 2.75) is 32.1 Å². The van der Waals surface area contributed by atoms with Gasteiger partial charge in [-0.2, -0.15) is 5.10 Å². The number of amides is 1. The monoisotopic (exact) mass is 418 g/mol. The van der Waals surface area contributed by atoms with Crippen molar-refractivity contribution in [2.24, 2.45) is 0 Å². The Hall–Kier alpha value is -3.05. The summed E-state index contributed by atoms with van der Waals surface area (Å²) in [6, 6.07) is 14.1. The van der Waals surface area contributed by atoms with Crippen LogP contribution in [0.2, 0.25) is 5.02 Å². The molecule has 152 valence electrons. The molecule has 0 aliphatic heterocycles. The SMILES string of the molecule is Cc1ccc(-n2ncc(C(=O)NCCc3c[nH]c4ccccc34)c2C2CC2)cc1Cl. The van der Waals surface area contributed by atoms with Crippen LogP contribution < -0.4 is 5.32 Å². The Kier molecular flexibility index (Phi) is 4.83. The second kappa shape index (κ2) is 7.65. The molecule has 0 atom stereocenters. The van der Waals surface area contributed by atoms with Crippen molar-refractivity contribution >= 4 is 28.4 Å². The Labute approximate surface area is 180 Å². The summed E-state index contributed by atoms with van der Waals surface area (Å²) in [5, 5.41) is 9.52. The lowest BCUT2D eigenvalue weighted by Gasteiger charge is -2.10. The number of hydrogen-bond acceptors (Lipinski definition) is 2. The smallest absolute Gasteiger partial charge is 0.254 e. The van der Waals surface area contributed by atoms with Crippen LogP contribution in [0.4, 0.5) is 0 Å². The molecule has 6 heteroatoms. The van der Waals surface area contributed by atoms with E-state index in [2.05, 4.69) is 27.5 Å². The zero-order valence-corrected chi connectivity index (χ0v) is 17.5. The van der Waals surface area contributed by atoms with Gasteiger partial charge < -0.3 is 10.3 Å². The molecule has 1 saturated carbocycles. The fourth-order valence-corrected chi connectivity index (χ4v) is 4.12. The fourth-order valence-electron chi connectivity index (χ4n) is 3.95. The Morgan fingerprint density at radius 3 is 2.90 bits per heavy atom. The first-order valence-electron chi connectivity index (χ1n) is 10.3. The maximum absolute atomic E-state index is 13.0. The van der Waals surface area contributed by atoms with Crippen molar-refractivity contribution in [1.29, 1.82) is 0 Å². The first-order valence-corrected chi connectivity index (χ1v) is 10.7. The molecule has 0 saturated heterocycles. The van der Waals surface area contributed by atoms with E-state index in [1.807, 2.05) is 48.1 Å². The Bertz CT molecular complexity index is 1240. The predicted octanol–water partition coefficient (Wildman–Crippen LogP) is 5.17. The maximum Gasteiger partial charge on any atom is 0.254 e. The topological polar surface area (TPSA) is 62.7 Å². The molecule has 0 bridgehead atoms. The van der Waals surface area contributed by atoms with Crippen molar-refractivity contribution in [2.75, 3.05) is 6.54 Å². The average Bonchev–Trinajstić information content (AvgIpc) is 3.36. The molecule has 1 aliphatic rings. The molecule has 2 aromatic carbocycles. The highest BCUT2D eigenvalue weighted by Crippen LogP contribution is 2.42. The lowest BCUT2D eigenvalue weighted by molar-refractivity contribution is 0.0953. The van der Waals surface area contributed by atoms with Crippen LogP contribution in [0.3, 0.4) is 0 Å². The molecule has 30 heavy (non-hydrogen) atoms.